The first-order valence-electron chi connectivity index (χ1n) is 5.77. The second kappa shape index (κ2) is 7.21. The lowest BCUT2D eigenvalue weighted by Crippen LogP contribution is -2.26. The van der Waals surface area contributed by atoms with Gasteiger partial charge in [-0.2, -0.15) is 0 Å². The zero-order valence-electron chi connectivity index (χ0n) is 9.59. The van der Waals surface area contributed by atoms with Gasteiger partial charge in [-0.3, -0.25) is 0 Å². The Balaban J connectivity index is 1.88. The topological polar surface area (TPSA) is 24.5 Å². The van der Waals surface area contributed by atoms with Gasteiger partial charge in [-0.1, -0.05) is 6.92 Å². The minimum atomic E-state index is 0.624. The Kier molecular flexibility index (Phi) is 6.15. The van der Waals surface area contributed by atoms with Gasteiger partial charge in [0.15, 0.2) is 0 Å². The maximum Gasteiger partial charge on any atom is 0.0593 e. The summed E-state index contributed by atoms with van der Waals surface area (Å²) in [5.41, 5.74) is 0. The molecule has 0 saturated carbocycles. The molecule has 1 fully saturated rings. The number of rotatable bonds is 7. The lowest BCUT2D eigenvalue weighted by atomic mass is 10.2. The van der Waals surface area contributed by atoms with Gasteiger partial charge in [-0.15, -0.1) is 0 Å². The molecule has 3 nitrogen and oxygen atoms in total. The van der Waals surface area contributed by atoms with E-state index in [4.69, 9.17) is 4.74 Å². The summed E-state index contributed by atoms with van der Waals surface area (Å²) in [6.45, 7) is 8.70. The highest BCUT2D eigenvalue weighted by atomic mass is 16.5. The van der Waals surface area contributed by atoms with E-state index in [1.807, 2.05) is 7.05 Å². The van der Waals surface area contributed by atoms with Gasteiger partial charge in [0.25, 0.3) is 0 Å². The largest absolute Gasteiger partial charge is 0.380 e. The molecule has 14 heavy (non-hydrogen) atoms. The van der Waals surface area contributed by atoms with Gasteiger partial charge in [-0.25, -0.2) is 0 Å². The van der Waals surface area contributed by atoms with Gasteiger partial charge in [-0.05, 0) is 45.4 Å². The van der Waals surface area contributed by atoms with E-state index in [0.29, 0.717) is 5.92 Å². The van der Waals surface area contributed by atoms with Gasteiger partial charge in [0.1, 0.15) is 0 Å². The van der Waals surface area contributed by atoms with Crippen molar-refractivity contribution in [2.45, 2.75) is 19.8 Å². The summed E-state index contributed by atoms with van der Waals surface area (Å²) in [6.07, 6.45) is 2.74. The molecule has 1 saturated heterocycles. The maximum absolute atomic E-state index is 5.63. The fourth-order valence-corrected chi connectivity index (χ4v) is 1.89. The molecule has 0 spiro atoms. The van der Waals surface area contributed by atoms with Gasteiger partial charge < -0.3 is 15.0 Å². The smallest absolute Gasteiger partial charge is 0.0593 e. The molecule has 1 heterocycles. The van der Waals surface area contributed by atoms with Crippen LogP contribution in [0.3, 0.4) is 0 Å². The minimum Gasteiger partial charge on any atom is -0.380 e. The maximum atomic E-state index is 5.63. The highest BCUT2D eigenvalue weighted by Crippen LogP contribution is 2.06. The molecular formula is C11H24N2O. The van der Waals surface area contributed by atoms with E-state index >= 15 is 0 Å². The lowest BCUT2D eigenvalue weighted by Gasteiger charge is -2.16. The normalized spacial score (nSPS) is 20.1. The van der Waals surface area contributed by atoms with Gasteiger partial charge in [0.2, 0.25) is 0 Å². The van der Waals surface area contributed by atoms with E-state index in [9.17, 15) is 0 Å². The van der Waals surface area contributed by atoms with Crippen molar-refractivity contribution in [1.29, 1.82) is 0 Å². The second-order valence-corrected chi connectivity index (χ2v) is 4.29. The highest BCUT2D eigenvalue weighted by Gasteiger charge is 2.10. The van der Waals surface area contributed by atoms with E-state index in [0.717, 1.165) is 26.3 Å². The molecule has 3 heteroatoms. The Labute approximate surface area is 87.8 Å². The average Bonchev–Trinajstić information content (AvgIpc) is 2.65. The molecule has 1 unspecified atom stereocenters. The van der Waals surface area contributed by atoms with Crippen molar-refractivity contribution in [1.82, 2.24) is 10.2 Å². The van der Waals surface area contributed by atoms with Crippen LogP contribution in [0.15, 0.2) is 0 Å². The summed E-state index contributed by atoms with van der Waals surface area (Å²) in [6, 6.07) is 0. The zero-order chi connectivity index (χ0) is 10.2. The summed E-state index contributed by atoms with van der Waals surface area (Å²) < 4.78 is 5.63. The molecule has 0 aromatic heterocycles. The summed E-state index contributed by atoms with van der Waals surface area (Å²) in [7, 11) is 1.99. The molecule has 1 N–H and O–H groups in total. The van der Waals surface area contributed by atoms with Crippen molar-refractivity contribution in [3.63, 3.8) is 0 Å². The third kappa shape index (κ3) is 4.94. The van der Waals surface area contributed by atoms with Crippen LogP contribution in [0.5, 0.6) is 0 Å². The van der Waals surface area contributed by atoms with Crippen molar-refractivity contribution in [3.8, 4) is 0 Å². The van der Waals surface area contributed by atoms with Crippen LogP contribution in [0.2, 0.25) is 0 Å². The SMILES string of the molecule is CNCC(C)COCCN1CCCC1. The number of likely N-dealkylation sites (tertiary alicyclic amines) is 1. The molecule has 1 aliphatic heterocycles. The molecule has 0 radical (unpaired) electrons. The van der Waals surface area contributed by atoms with Crippen LogP contribution in [0, 0.1) is 5.92 Å². The number of ether oxygens (including phenoxy) is 1. The first kappa shape index (κ1) is 12.0. The minimum absolute atomic E-state index is 0.624. The summed E-state index contributed by atoms with van der Waals surface area (Å²) in [5, 5.41) is 3.16. The quantitative estimate of drug-likeness (QED) is 0.619. The standard InChI is InChI=1S/C11H24N2O/c1-11(9-12-2)10-14-8-7-13-5-3-4-6-13/h11-12H,3-10H2,1-2H3. The van der Waals surface area contributed by atoms with Gasteiger partial charge in [0.05, 0.1) is 13.2 Å². The van der Waals surface area contributed by atoms with Crippen LogP contribution < -0.4 is 5.32 Å². The Morgan fingerprint density at radius 1 is 1.36 bits per heavy atom. The van der Waals surface area contributed by atoms with E-state index < -0.39 is 0 Å². The van der Waals surface area contributed by atoms with Gasteiger partial charge in [0, 0.05) is 6.54 Å². The van der Waals surface area contributed by atoms with Crippen molar-refractivity contribution in [3.05, 3.63) is 0 Å². The Morgan fingerprint density at radius 2 is 2.07 bits per heavy atom. The van der Waals surface area contributed by atoms with Crippen molar-refractivity contribution in [2.75, 3.05) is 46.4 Å². The van der Waals surface area contributed by atoms with E-state index in [1.54, 1.807) is 0 Å². The third-order valence-electron chi connectivity index (χ3n) is 2.71. The van der Waals surface area contributed by atoms with Crippen LogP contribution in [0.25, 0.3) is 0 Å². The fraction of sp³-hybridized carbons (Fsp3) is 1.00. The molecule has 1 rings (SSSR count). The molecule has 0 aromatic rings. The number of nitrogens with zero attached hydrogens (tertiary/aromatic N) is 1. The van der Waals surface area contributed by atoms with Crippen molar-refractivity contribution in [2.24, 2.45) is 5.92 Å². The van der Waals surface area contributed by atoms with E-state index in [-0.39, 0.29) is 0 Å². The summed E-state index contributed by atoms with van der Waals surface area (Å²) >= 11 is 0. The predicted molar refractivity (Wildman–Crippen MR) is 59.6 cm³/mol. The Hall–Kier alpha value is -0.120. The fourth-order valence-electron chi connectivity index (χ4n) is 1.89. The summed E-state index contributed by atoms with van der Waals surface area (Å²) in [5.74, 6) is 0.624. The number of nitrogens with one attached hydrogen (secondary N) is 1. The van der Waals surface area contributed by atoms with Crippen LogP contribution in [0.4, 0.5) is 0 Å². The van der Waals surface area contributed by atoms with E-state index in [2.05, 4.69) is 17.1 Å². The van der Waals surface area contributed by atoms with Crippen molar-refractivity contribution >= 4 is 0 Å². The van der Waals surface area contributed by atoms with Crippen LogP contribution >= 0.6 is 0 Å². The molecule has 0 bridgehead atoms. The highest BCUT2D eigenvalue weighted by molar-refractivity contribution is 4.65. The Bertz CT molecular complexity index is 135. The predicted octanol–water partition coefficient (Wildman–Crippen LogP) is 0.954. The van der Waals surface area contributed by atoms with Crippen molar-refractivity contribution < 1.29 is 4.74 Å². The van der Waals surface area contributed by atoms with Crippen LogP contribution in [0.1, 0.15) is 19.8 Å². The van der Waals surface area contributed by atoms with Crippen LogP contribution in [-0.2, 0) is 4.74 Å². The monoisotopic (exact) mass is 200 g/mol. The molecular weight excluding hydrogens is 176 g/mol. The number of hydrogen-bond donors (Lipinski definition) is 1. The van der Waals surface area contributed by atoms with E-state index in [1.165, 1.54) is 25.9 Å². The first-order chi connectivity index (χ1) is 6.83. The zero-order valence-corrected chi connectivity index (χ0v) is 9.59. The Morgan fingerprint density at radius 3 is 2.71 bits per heavy atom. The van der Waals surface area contributed by atoms with Gasteiger partial charge >= 0.3 is 0 Å². The number of hydrogen-bond acceptors (Lipinski definition) is 3. The molecule has 0 amide bonds. The first-order valence-corrected chi connectivity index (χ1v) is 5.77. The summed E-state index contributed by atoms with van der Waals surface area (Å²) in [4.78, 5) is 2.49. The molecule has 0 aromatic carbocycles. The molecule has 1 aliphatic rings. The average molecular weight is 200 g/mol. The van der Waals surface area contributed by atoms with Crippen LogP contribution in [-0.4, -0.2) is 51.3 Å². The second-order valence-electron chi connectivity index (χ2n) is 4.29. The third-order valence-corrected chi connectivity index (χ3v) is 2.71. The molecule has 0 aliphatic carbocycles. The lowest BCUT2D eigenvalue weighted by molar-refractivity contribution is 0.0873. The molecule has 84 valence electrons. The molecule has 1 atom stereocenters.